The van der Waals surface area contributed by atoms with Gasteiger partial charge in [0.1, 0.15) is 24.8 Å². The van der Waals surface area contributed by atoms with Crippen LogP contribution in [0.15, 0.2) is 35.1 Å². The molecule has 3 aromatic rings. The summed E-state index contributed by atoms with van der Waals surface area (Å²) in [6, 6.07) is 5.74. The zero-order chi connectivity index (χ0) is 25.0. The minimum Gasteiger partial charge on any atom is -0.462 e. The lowest BCUT2D eigenvalue weighted by molar-refractivity contribution is -0.148. The van der Waals surface area contributed by atoms with Crippen molar-refractivity contribution in [2.75, 3.05) is 18.5 Å². The Morgan fingerprint density at radius 2 is 2.00 bits per heavy atom. The Balaban J connectivity index is 0.00000432. The topological polar surface area (TPSA) is 120 Å². The Labute approximate surface area is 221 Å². The maximum absolute atomic E-state index is 15.4. The molecule has 190 valence electrons. The van der Waals surface area contributed by atoms with E-state index in [9.17, 15) is 9.59 Å². The molecule has 2 aromatic carbocycles. The number of carbonyl (C=O) groups is 2. The lowest BCUT2D eigenvalue weighted by Gasteiger charge is -2.16. The van der Waals surface area contributed by atoms with Gasteiger partial charge in [-0.2, -0.15) is 0 Å². The van der Waals surface area contributed by atoms with Crippen molar-refractivity contribution in [2.24, 2.45) is 18.7 Å². The number of hydrogen-bond acceptors (Lipinski definition) is 7. The summed E-state index contributed by atoms with van der Waals surface area (Å²) < 4.78 is 22.7. The molecule has 35 heavy (non-hydrogen) atoms. The molecule has 0 bridgehead atoms. The number of benzene rings is 2. The highest BCUT2D eigenvalue weighted by molar-refractivity contribution is 9.10. The number of ether oxygens (including phenoxy) is 1. The summed E-state index contributed by atoms with van der Waals surface area (Å²) in [5.74, 6) is -2.08. The summed E-state index contributed by atoms with van der Waals surface area (Å²) in [7, 11) is 1.68. The molecular formula is C22H25BrCl2FN5O4. The molecule has 1 amide bonds. The summed E-state index contributed by atoms with van der Waals surface area (Å²) in [6.45, 7) is 3.36. The number of aryl methyl sites for hydroxylation is 1. The second-order valence-corrected chi connectivity index (χ2v) is 9.13. The predicted octanol–water partition coefficient (Wildman–Crippen LogP) is 4.48. The van der Waals surface area contributed by atoms with E-state index in [-0.39, 0.29) is 48.3 Å². The van der Waals surface area contributed by atoms with Crippen LogP contribution in [0.1, 0.15) is 24.2 Å². The van der Waals surface area contributed by atoms with Gasteiger partial charge in [-0.1, -0.05) is 41.4 Å². The van der Waals surface area contributed by atoms with Gasteiger partial charge < -0.3 is 20.4 Å². The first-order chi connectivity index (χ1) is 16.1. The van der Waals surface area contributed by atoms with E-state index in [1.165, 1.54) is 12.4 Å². The number of esters is 1. The van der Waals surface area contributed by atoms with Crippen molar-refractivity contribution in [3.63, 3.8) is 0 Å². The molecule has 0 saturated carbocycles. The molecule has 0 saturated heterocycles. The van der Waals surface area contributed by atoms with E-state index in [1.807, 2.05) is 0 Å². The Bertz CT molecular complexity index is 1220. The zero-order valence-electron chi connectivity index (χ0n) is 19.1. The largest absolute Gasteiger partial charge is 0.462 e. The Morgan fingerprint density at radius 3 is 2.66 bits per heavy atom. The SMILES string of the molecule is CC(C)[C@H](N)C(=O)OCCONC(=O)c1cc2c(ncn2C)c(F)c1Nc1ccc(Br)cc1Cl.Cl. The number of nitrogens with two attached hydrogens (primary N) is 1. The first-order valence-electron chi connectivity index (χ1n) is 10.3. The molecule has 0 aliphatic heterocycles. The van der Waals surface area contributed by atoms with E-state index in [2.05, 4.69) is 31.7 Å². The number of aromatic nitrogens is 2. The molecule has 9 nitrogen and oxygen atoms in total. The molecule has 0 unspecified atom stereocenters. The number of nitrogens with zero attached hydrogens (tertiary/aromatic N) is 2. The number of fused-ring (bicyclic) bond motifs is 1. The highest BCUT2D eigenvalue weighted by Gasteiger charge is 2.23. The average molecular weight is 593 g/mol. The molecule has 0 spiro atoms. The highest BCUT2D eigenvalue weighted by Crippen LogP contribution is 2.34. The van der Waals surface area contributed by atoms with Gasteiger partial charge in [-0.3, -0.25) is 14.4 Å². The van der Waals surface area contributed by atoms with Gasteiger partial charge >= 0.3 is 5.97 Å². The van der Waals surface area contributed by atoms with Crippen LogP contribution in [0.25, 0.3) is 11.0 Å². The van der Waals surface area contributed by atoms with Crippen LogP contribution in [0.2, 0.25) is 5.02 Å². The molecule has 0 aliphatic rings. The van der Waals surface area contributed by atoms with E-state index in [4.69, 9.17) is 26.9 Å². The van der Waals surface area contributed by atoms with Crippen molar-refractivity contribution in [1.82, 2.24) is 15.0 Å². The number of hydroxylamine groups is 1. The van der Waals surface area contributed by atoms with Gasteiger partial charge in [-0.05, 0) is 30.2 Å². The minimum absolute atomic E-state index is 0. The summed E-state index contributed by atoms with van der Waals surface area (Å²) >= 11 is 9.58. The van der Waals surface area contributed by atoms with Crippen molar-refractivity contribution in [3.05, 3.63) is 51.5 Å². The molecule has 1 atom stereocenters. The van der Waals surface area contributed by atoms with Crippen molar-refractivity contribution in [3.8, 4) is 0 Å². The number of imidazole rings is 1. The molecule has 0 aliphatic carbocycles. The molecular weight excluding hydrogens is 568 g/mol. The van der Waals surface area contributed by atoms with Crippen LogP contribution in [0.5, 0.6) is 0 Å². The first-order valence-corrected chi connectivity index (χ1v) is 11.5. The van der Waals surface area contributed by atoms with E-state index in [1.54, 1.807) is 43.7 Å². The van der Waals surface area contributed by atoms with Crippen LogP contribution < -0.4 is 16.5 Å². The Kier molecular flexibility index (Phi) is 10.3. The second-order valence-electron chi connectivity index (χ2n) is 7.80. The van der Waals surface area contributed by atoms with Crippen LogP contribution in [0, 0.1) is 11.7 Å². The quantitative estimate of drug-likeness (QED) is 0.190. The third-order valence-electron chi connectivity index (χ3n) is 4.98. The minimum atomic E-state index is -0.748. The van der Waals surface area contributed by atoms with Gasteiger partial charge in [0.2, 0.25) is 0 Å². The predicted molar refractivity (Wildman–Crippen MR) is 138 cm³/mol. The van der Waals surface area contributed by atoms with E-state index < -0.39 is 23.7 Å². The summed E-state index contributed by atoms with van der Waals surface area (Å²) in [5, 5.41) is 3.20. The zero-order valence-corrected chi connectivity index (χ0v) is 22.3. The number of nitrogens with one attached hydrogen (secondary N) is 2. The summed E-state index contributed by atoms with van der Waals surface area (Å²) in [6.07, 6.45) is 1.44. The first kappa shape index (κ1) is 28.8. The maximum Gasteiger partial charge on any atom is 0.323 e. The van der Waals surface area contributed by atoms with Crippen LogP contribution >= 0.6 is 39.9 Å². The second kappa shape index (κ2) is 12.5. The normalized spacial score (nSPS) is 11.8. The maximum atomic E-state index is 15.4. The van der Waals surface area contributed by atoms with Gasteiger partial charge in [0.05, 0.1) is 33.8 Å². The smallest absolute Gasteiger partial charge is 0.323 e. The van der Waals surface area contributed by atoms with Crippen LogP contribution in [0.3, 0.4) is 0 Å². The van der Waals surface area contributed by atoms with Gasteiger partial charge in [-0.15, -0.1) is 12.4 Å². The van der Waals surface area contributed by atoms with Gasteiger partial charge in [0, 0.05) is 11.5 Å². The fraction of sp³-hybridized carbons (Fsp3) is 0.318. The average Bonchev–Trinajstić information content (AvgIpc) is 3.16. The van der Waals surface area contributed by atoms with Crippen LogP contribution in [-0.4, -0.2) is 40.7 Å². The van der Waals surface area contributed by atoms with Crippen LogP contribution in [-0.2, 0) is 21.4 Å². The van der Waals surface area contributed by atoms with E-state index in [0.717, 1.165) is 4.47 Å². The number of anilines is 2. The summed E-state index contributed by atoms with van der Waals surface area (Å²) in [5.41, 5.74) is 8.69. The molecule has 1 aromatic heterocycles. The van der Waals surface area contributed by atoms with Gasteiger partial charge in [0.15, 0.2) is 5.82 Å². The van der Waals surface area contributed by atoms with Crippen molar-refractivity contribution in [1.29, 1.82) is 0 Å². The highest BCUT2D eigenvalue weighted by atomic mass is 79.9. The number of amides is 1. The lowest BCUT2D eigenvalue weighted by Crippen LogP contribution is -2.37. The summed E-state index contributed by atoms with van der Waals surface area (Å²) in [4.78, 5) is 33.9. The molecule has 3 rings (SSSR count). The fourth-order valence-electron chi connectivity index (χ4n) is 2.98. The Morgan fingerprint density at radius 1 is 1.29 bits per heavy atom. The third kappa shape index (κ3) is 6.83. The number of halogens is 4. The Hall–Kier alpha value is -2.44. The van der Waals surface area contributed by atoms with Gasteiger partial charge in [-0.25, -0.2) is 14.9 Å². The standard InChI is InChI=1S/C22H24BrClFN5O4.ClH/c1-11(2)18(26)22(32)33-6-7-34-29-21(31)13-9-16-20(27-10-30(16)3)17(25)19(13)28-15-5-4-12(23)8-14(15)24;/h4-5,8-11,18,28H,6-7,26H2,1-3H3,(H,29,31);1H/t18-;/m0./s1. The molecule has 4 N–H and O–H groups in total. The third-order valence-corrected chi connectivity index (χ3v) is 5.79. The molecule has 0 fully saturated rings. The molecule has 13 heteroatoms. The monoisotopic (exact) mass is 591 g/mol. The number of carbonyl (C=O) groups excluding carboxylic acids is 2. The molecule has 1 heterocycles. The molecule has 0 radical (unpaired) electrons. The van der Waals surface area contributed by atoms with E-state index in [0.29, 0.717) is 16.2 Å². The van der Waals surface area contributed by atoms with Crippen molar-refractivity contribution in [2.45, 2.75) is 19.9 Å². The van der Waals surface area contributed by atoms with Crippen LogP contribution in [0.4, 0.5) is 15.8 Å². The number of hydrogen-bond donors (Lipinski definition) is 3. The fourth-order valence-corrected chi connectivity index (χ4v) is 3.70. The van der Waals surface area contributed by atoms with Gasteiger partial charge in [0.25, 0.3) is 5.91 Å². The number of rotatable bonds is 9. The van der Waals surface area contributed by atoms with Crippen molar-refractivity contribution >= 4 is 74.2 Å². The van der Waals surface area contributed by atoms with Crippen molar-refractivity contribution < 1.29 is 23.6 Å². The van der Waals surface area contributed by atoms with E-state index >= 15 is 4.39 Å². The lowest BCUT2D eigenvalue weighted by atomic mass is 10.1.